The van der Waals surface area contributed by atoms with Crippen molar-refractivity contribution in [2.24, 2.45) is 0 Å². The van der Waals surface area contributed by atoms with Gasteiger partial charge in [-0.05, 0) is 0 Å². The predicted molar refractivity (Wildman–Crippen MR) is 48.5 cm³/mol. The standard InChI is InChI=1S/C7H8ClN3O/c1-9-6-3-10-7(8)2-5(6)11-4-12/h2-4,9H,1H3,(H,10,11,12). The van der Waals surface area contributed by atoms with E-state index in [1.807, 2.05) is 0 Å². The maximum Gasteiger partial charge on any atom is 0.211 e. The molecule has 1 rings (SSSR count). The molecule has 4 nitrogen and oxygen atoms in total. The van der Waals surface area contributed by atoms with Crippen molar-refractivity contribution in [1.82, 2.24) is 4.98 Å². The van der Waals surface area contributed by atoms with E-state index in [1.165, 1.54) is 0 Å². The number of carbonyl (C=O) groups excluding carboxylic acids is 1. The van der Waals surface area contributed by atoms with E-state index in [9.17, 15) is 4.79 Å². The van der Waals surface area contributed by atoms with Crippen molar-refractivity contribution >= 4 is 29.4 Å². The van der Waals surface area contributed by atoms with Crippen LogP contribution in [0.15, 0.2) is 12.3 Å². The van der Waals surface area contributed by atoms with Crippen LogP contribution in [-0.4, -0.2) is 18.4 Å². The number of hydrogen-bond acceptors (Lipinski definition) is 3. The van der Waals surface area contributed by atoms with Crippen molar-refractivity contribution < 1.29 is 4.79 Å². The Morgan fingerprint density at radius 3 is 2.92 bits per heavy atom. The molecule has 0 aliphatic heterocycles. The number of carbonyl (C=O) groups is 1. The summed E-state index contributed by atoms with van der Waals surface area (Å²) in [6.45, 7) is 0. The number of nitrogens with zero attached hydrogens (tertiary/aromatic N) is 1. The molecule has 0 radical (unpaired) electrons. The number of nitrogens with one attached hydrogen (secondary N) is 2. The lowest BCUT2D eigenvalue weighted by molar-refractivity contribution is -0.105. The number of anilines is 2. The van der Waals surface area contributed by atoms with Crippen LogP contribution in [0.5, 0.6) is 0 Å². The first-order valence-electron chi connectivity index (χ1n) is 3.31. The molecular weight excluding hydrogens is 178 g/mol. The van der Waals surface area contributed by atoms with E-state index in [0.29, 0.717) is 17.3 Å². The Bertz CT molecular complexity index is 290. The number of hydrogen-bond donors (Lipinski definition) is 2. The second-order valence-corrected chi connectivity index (χ2v) is 2.45. The van der Waals surface area contributed by atoms with Gasteiger partial charge in [-0.25, -0.2) is 4.98 Å². The van der Waals surface area contributed by atoms with Gasteiger partial charge < -0.3 is 10.6 Å². The van der Waals surface area contributed by atoms with Crippen molar-refractivity contribution in [2.45, 2.75) is 0 Å². The summed E-state index contributed by atoms with van der Waals surface area (Å²) < 4.78 is 0. The van der Waals surface area contributed by atoms with Crippen molar-refractivity contribution in [1.29, 1.82) is 0 Å². The molecule has 0 aromatic carbocycles. The summed E-state index contributed by atoms with van der Waals surface area (Å²) in [5.74, 6) is 0. The first-order chi connectivity index (χ1) is 5.77. The van der Waals surface area contributed by atoms with Crippen LogP contribution < -0.4 is 10.6 Å². The van der Waals surface area contributed by atoms with Crippen LogP contribution in [0.2, 0.25) is 5.15 Å². The summed E-state index contributed by atoms with van der Waals surface area (Å²) >= 11 is 5.61. The molecule has 1 amide bonds. The largest absolute Gasteiger partial charge is 0.385 e. The van der Waals surface area contributed by atoms with E-state index in [2.05, 4.69) is 15.6 Å². The van der Waals surface area contributed by atoms with Gasteiger partial charge in [-0.1, -0.05) is 11.6 Å². The van der Waals surface area contributed by atoms with Gasteiger partial charge in [0.1, 0.15) is 5.15 Å². The van der Waals surface area contributed by atoms with E-state index in [1.54, 1.807) is 19.3 Å². The average molecular weight is 186 g/mol. The maximum atomic E-state index is 10.2. The fourth-order valence-electron chi connectivity index (χ4n) is 0.812. The van der Waals surface area contributed by atoms with Gasteiger partial charge in [-0.2, -0.15) is 0 Å². The van der Waals surface area contributed by atoms with Gasteiger partial charge in [0.15, 0.2) is 0 Å². The van der Waals surface area contributed by atoms with Crippen molar-refractivity contribution in [2.75, 3.05) is 17.7 Å². The highest BCUT2D eigenvalue weighted by atomic mass is 35.5. The van der Waals surface area contributed by atoms with E-state index in [4.69, 9.17) is 11.6 Å². The molecule has 64 valence electrons. The fourth-order valence-corrected chi connectivity index (χ4v) is 0.970. The zero-order valence-corrected chi connectivity index (χ0v) is 7.22. The van der Waals surface area contributed by atoms with Crippen LogP contribution in [0.3, 0.4) is 0 Å². The van der Waals surface area contributed by atoms with Gasteiger partial charge in [0, 0.05) is 13.1 Å². The van der Waals surface area contributed by atoms with Crippen molar-refractivity contribution in [3.63, 3.8) is 0 Å². The number of aromatic nitrogens is 1. The second kappa shape index (κ2) is 3.92. The van der Waals surface area contributed by atoms with Crippen molar-refractivity contribution in [3.05, 3.63) is 17.4 Å². The molecule has 0 saturated heterocycles. The summed E-state index contributed by atoms with van der Waals surface area (Å²) in [5.41, 5.74) is 1.35. The normalized spacial score (nSPS) is 9.17. The first-order valence-corrected chi connectivity index (χ1v) is 3.69. The third-order valence-electron chi connectivity index (χ3n) is 1.35. The summed E-state index contributed by atoms with van der Waals surface area (Å²) in [4.78, 5) is 14.0. The van der Waals surface area contributed by atoms with Crippen LogP contribution in [-0.2, 0) is 4.79 Å². The van der Waals surface area contributed by atoms with Crippen LogP contribution in [0.25, 0.3) is 0 Å². The van der Waals surface area contributed by atoms with Gasteiger partial charge in [0.25, 0.3) is 0 Å². The lowest BCUT2D eigenvalue weighted by atomic mass is 10.3. The lowest BCUT2D eigenvalue weighted by Crippen LogP contribution is -2.00. The number of rotatable bonds is 3. The molecule has 0 atom stereocenters. The summed E-state index contributed by atoms with van der Waals surface area (Å²) in [6.07, 6.45) is 2.14. The predicted octanol–water partition coefficient (Wildman–Crippen LogP) is 1.34. The zero-order valence-electron chi connectivity index (χ0n) is 6.47. The molecule has 0 aliphatic carbocycles. The highest BCUT2D eigenvalue weighted by molar-refractivity contribution is 6.29. The Kier molecular flexibility index (Phi) is 2.88. The topological polar surface area (TPSA) is 54.0 Å². The van der Waals surface area contributed by atoms with E-state index >= 15 is 0 Å². The van der Waals surface area contributed by atoms with Gasteiger partial charge in [0.05, 0.1) is 17.6 Å². The smallest absolute Gasteiger partial charge is 0.211 e. The van der Waals surface area contributed by atoms with Crippen LogP contribution >= 0.6 is 11.6 Å². The Morgan fingerprint density at radius 1 is 1.58 bits per heavy atom. The lowest BCUT2D eigenvalue weighted by Gasteiger charge is -2.06. The first kappa shape index (κ1) is 8.80. The Morgan fingerprint density at radius 2 is 2.33 bits per heavy atom. The van der Waals surface area contributed by atoms with Crippen LogP contribution in [0, 0.1) is 0 Å². The molecule has 0 fully saturated rings. The minimum absolute atomic E-state index is 0.346. The second-order valence-electron chi connectivity index (χ2n) is 2.06. The van der Waals surface area contributed by atoms with Crippen LogP contribution in [0.1, 0.15) is 0 Å². The molecular formula is C7H8ClN3O. The van der Waals surface area contributed by atoms with Crippen LogP contribution in [0.4, 0.5) is 11.4 Å². The Labute approximate surface area is 74.9 Å². The zero-order chi connectivity index (χ0) is 8.97. The van der Waals surface area contributed by atoms with Gasteiger partial charge in [0.2, 0.25) is 6.41 Å². The molecule has 1 aromatic rings. The Hall–Kier alpha value is -1.29. The van der Waals surface area contributed by atoms with Gasteiger partial charge in [-0.3, -0.25) is 4.79 Å². The quantitative estimate of drug-likeness (QED) is 0.552. The fraction of sp³-hybridized carbons (Fsp3) is 0.143. The number of pyridine rings is 1. The molecule has 0 spiro atoms. The maximum absolute atomic E-state index is 10.2. The number of amides is 1. The molecule has 5 heteroatoms. The third-order valence-corrected chi connectivity index (χ3v) is 1.56. The molecule has 0 saturated carbocycles. The summed E-state index contributed by atoms with van der Waals surface area (Å²) in [6, 6.07) is 1.57. The highest BCUT2D eigenvalue weighted by Crippen LogP contribution is 2.21. The van der Waals surface area contributed by atoms with E-state index < -0.39 is 0 Å². The molecule has 1 aromatic heterocycles. The molecule has 0 bridgehead atoms. The van der Waals surface area contributed by atoms with E-state index in [0.717, 1.165) is 5.69 Å². The SMILES string of the molecule is CNc1cnc(Cl)cc1NC=O. The number of halogens is 1. The molecule has 0 aliphatic rings. The van der Waals surface area contributed by atoms with Crippen molar-refractivity contribution in [3.8, 4) is 0 Å². The minimum Gasteiger partial charge on any atom is -0.385 e. The Balaban J connectivity index is 3.03. The monoisotopic (exact) mass is 185 g/mol. The molecule has 0 unspecified atom stereocenters. The highest BCUT2D eigenvalue weighted by Gasteiger charge is 2.00. The summed E-state index contributed by atoms with van der Waals surface area (Å²) in [7, 11) is 1.74. The molecule has 2 N–H and O–H groups in total. The minimum atomic E-state index is 0.346. The molecule has 12 heavy (non-hydrogen) atoms. The van der Waals surface area contributed by atoms with Gasteiger partial charge in [-0.15, -0.1) is 0 Å². The van der Waals surface area contributed by atoms with E-state index in [-0.39, 0.29) is 0 Å². The average Bonchev–Trinajstić information content (AvgIpc) is 2.05. The third kappa shape index (κ3) is 1.85. The molecule has 1 heterocycles. The summed E-state index contributed by atoms with van der Waals surface area (Å²) in [5, 5.41) is 5.71. The van der Waals surface area contributed by atoms with Gasteiger partial charge >= 0.3 is 0 Å².